The molecule has 36 heavy (non-hydrogen) atoms. The number of hydrogen-bond donors (Lipinski definition) is 0. The van der Waals surface area contributed by atoms with Crippen molar-refractivity contribution in [3.05, 3.63) is 35.4 Å². The van der Waals surface area contributed by atoms with Crippen LogP contribution >= 0.6 is 0 Å². The van der Waals surface area contributed by atoms with E-state index in [4.69, 9.17) is 9.47 Å². The Labute approximate surface area is 212 Å². The Morgan fingerprint density at radius 2 is 1.58 bits per heavy atom. The number of aromatic nitrogens is 3. The van der Waals surface area contributed by atoms with Crippen molar-refractivity contribution < 1.29 is 19.1 Å². The van der Waals surface area contributed by atoms with Gasteiger partial charge in [0.2, 0.25) is 5.91 Å². The average molecular weight is 496 g/mol. The molecule has 2 fully saturated rings. The molecule has 194 valence electrons. The lowest BCUT2D eigenvalue weighted by Gasteiger charge is -2.37. The van der Waals surface area contributed by atoms with E-state index in [0.717, 1.165) is 50.5 Å². The molecule has 1 aromatic heterocycles. The number of fused-ring (bicyclic) bond motifs is 1. The van der Waals surface area contributed by atoms with E-state index in [2.05, 4.69) is 14.8 Å². The van der Waals surface area contributed by atoms with E-state index in [9.17, 15) is 9.59 Å². The van der Waals surface area contributed by atoms with Crippen molar-refractivity contribution in [2.75, 3.05) is 40.4 Å². The first-order valence-corrected chi connectivity index (χ1v) is 13.3. The van der Waals surface area contributed by atoms with Crippen molar-refractivity contribution in [2.45, 2.75) is 63.8 Å². The lowest BCUT2D eigenvalue weighted by atomic mass is 9.91. The number of piperidine rings is 2. The molecule has 2 amide bonds. The second kappa shape index (κ2) is 10.9. The van der Waals surface area contributed by atoms with Crippen LogP contribution in [0, 0.1) is 5.92 Å². The lowest BCUT2D eigenvalue weighted by molar-refractivity contribution is -0.138. The fraction of sp³-hybridized carbons (Fsp3) is 0.630. The number of methoxy groups -OCH3 is 2. The van der Waals surface area contributed by atoms with Crippen molar-refractivity contribution in [1.82, 2.24) is 24.6 Å². The SMILES string of the molecule is COc1cc(OC)cc(C(=O)N2CCC(C(=O)N3CCCC(c4nnc5n4CCCCC5)C3)CC2)c1. The highest BCUT2D eigenvalue weighted by atomic mass is 16.5. The smallest absolute Gasteiger partial charge is 0.254 e. The lowest BCUT2D eigenvalue weighted by Crippen LogP contribution is -2.47. The molecule has 0 saturated carbocycles. The first-order chi connectivity index (χ1) is 17.6. The van der Waals surface area contributed by atoms with Crippen LogP contribution in [-0.4, -0.2) is 76.8 Å². The predicted molar refractivity (Wildman–Crippen MR) is 134 cm³/mol. The van der Waals surface area contributed by atoms with Crippen LogP contribution in [0.5, 0.6) is 11.5 Å². The maximum atomic E-state index is 13.5. The number of likely N-dealkylation sites (tertiary alicyclic amines) is 2. The van der Waals surface area contributed by atoms with Crippen LogP contribution in [0.3, 0.4) is 0 Å². The molecule has 4 heterocycles. The van der Waals surface area contributed by atoms with E-state index < -0.39 is 0 Å². The molecule has 5 rings (SSSR count). The minimum atomic E-state index is -0.0522. The van der Waals surface area contributed by atoms with Gasteiger partial charge < -0.3 is 23.8 Å². The Morgan fingerprint density at radius 3 is 2.31 bits per heavy atom. The van der Waals surface area contributed by atoms with E-state index in [-0.39, 0.29) is 23.7 Å². The minimum Gasteiger partial charge on any atom is -0.497 e. The maximum Gasteiger partial charge on any atom is 0.254 e. The number of benzene rings is 1. The molecule has 2 aromatic rings. The molecule has 0 spiro atoms. The third-order valence-electron chi connectivity index (χ3n) is 7.97. The third-order valence-corrected chi connectivity index (χ3v) is 7.97. The van der Waals surface area contributed by atoms with Gasteiger partial charge in [0.05, 0.1) is 14.2 Å². The number of rotatable bonds is 5. The van der Waals surface area contributed by atoms with Gasteiger partial charge in [0.15, 0.2) is 0 Å². The fourth-order valence-electron chi connectivity index (χ4n) is 5.90. The van der Waals surface area contributed by atoms with Crippen molar-refractivity contribution in [1.29, 1.82) is 0 Å². The average Bonchev–Trinajstić information content (AvgIpc) is 3.20. The molecule has 0 bridgehead atoms. The van der Waals surface area contributed by atoms with Gasteiger partial charge in [0, 0.05) is 62.6 Å². The summed E-state index contributed by atoms with van der Waals surface area (Å²) < 4.78 is 12.9. The molecule has 3 aliphatic heterocycles. The number of carbonyl (C=O) groups excluding carboxylic acids is 2. The van der Waals surface area contributed by atoms with Gasteiger partial charge >= 0.3 is 0 Å². The van der Waals surface area contributed by atoms with Gasteiger partial charge in [-0.2, -0.15) is 0 Å². The quantitative estimate of drug-likeness (QED) is 0.633. The molecule has 3 aliphatic rings. The second-order valence-electron chi connectivity index (χ2n) is 10.2. The van der Waals surface area contributed by atoms with Crippen LogP contribution in [0.2, 0.25) is 0 Å². The zero-order valence-electron chi connectivity index (χ0n) is 21.4. The number of aryl methyl sites for hydroxylation is 1. The van der Waals surface area contributed by atoms with E-state index in [1.54, 1.807) is 32.4 Å². The van der Waals surface area contributed by atoms with Crippen LogP contribution in [0.25, 0.3) is 0 Å². The van der Waals surface area contributed by atoms with E-state index >= 15 is 0 Å². The summed E-state index contributed by atoms with van der Waals surface area (Å²) in [5.74, 6) is 3.75. The monoisotopic (exact) mass is 495 g/mol. The van der Waals surface area contributed by atoms with Crippen LogP contribution in [0.15, 0.2) is 18.2 Å². The number of ether oxygens (including phenoxy) is 2. The standard InChI is InChI=1S/C27H37N5O4/c1-35-22-15-21(16-23(17-22)36-2)27(34)30-13-9-19(10-14-30)26(33)31-11-6-7-20(18-31)25-29-28-24-8-4-3-5-12-32(24)25/h15-17,19-20H,3-14,18H2,1-2H3. The normalized spacial score (nSPS) is 21.0. The van der Waals surface area contributed by atoms with E-state index in [1.165, 1.54) is 19.3 Å². The number of nitrogens with zero attached hydrogens (tertiary/aromatic N) is 5. The van der Waals surface area contributed by atoms with Crippen molar-refractivity contribution >= 4 is 11.8 Å². The zero-order chi connectivity index (χ0) is 25.1. The summed E-state index contributed by atoms with van der Waals surface area (Å²) in [6.07, 6.45) is 8.02. The number of hydrogen-bond acceptors (Lipinski definition) is 6. The summed E-state index contributed by atoms with van der Waals surface area (Å²) in [5, 5.41) is 9.04. The molecule has 0 radical (unpaired) electrons. The molecular formula is C27H37N5O4. The molecule has 0 N–H and O–H groups in total. The van der Waals surface area contributed by atoms with Crippen LogP contribution in [-0.2, 0) is 17.8 Å². The molecule has 9 nitrogen and oxygen atoms in total. The second-order valence-corrected chi connectivity index (χ2v) is 10.2. The van der Waals surface area contributed by atoms with Crippen LogP contribution in [0.1, 0.15) is 72.9 Å². The highest BCUT2D eigenvalue weighted by Crippen LogP contribution is 2.31. The van der Waals surface area contributed by atoms with E-state index in [1.807, 2.05) is 9.80 Å². The molecule has 1 aromatic carbocycles. The molecular weight excluding hydrogens is 458 g/mol. The van der Waals surface area contributed by atoms with Gasteiger partial charge in [0.1, 0.15) is 23.1 Å². The number of carbonyl (C=O) groups is 2. The van der Waals surface area contributed by atoms with E-state index in [0.29, 0.717) is 43.0 Å². The minimum absolute atomic E-state index is 0.0387. The van der Waals surface area contributed by atoms with Gasteiger partial charge in [0.25, 0.3) is 5.91 Å². The third kappa shape index (κ3) is 5.06. The molecule has 0 aliphatic carbocycles. The molecule has 9 heteroatoms. The first-order valence-electron chi connectivity index (χ1n) is 13.3. The fourth-order valence-corrected chi connectivity index (χ4v) is 5.90. The van der Waals surface area contributed by atoms with Crippen molar-refractivity contribution in [3.63, 3.8) is 0 Å². The maximum absolute atomic E-state index is 13.5. The highest BCUT2D eigenvalue weighted by Gasteiger charge is 2.34. The van der Waals surface area contributed by atoms with Crippen LogP contribution < -0.4 is 9.47 Å². The summed E-state index contributed by atoms with van der Waals surface area (Å²) in [4.78, 5) is 30.5. The Hall–Kier alpha value is -3.10. The summed E-state index contributed by atoms with van der Waals surface area (Å²) in [6.45, 7) is 3.67. The summed E-state index contributed by atoms with van der Waals surface area (Å²) in [6, 6.07) is 5.23. The summed E-state index contributed by atoms with van der Waals surface area (Å²) in [5.41, 5.74) is 0.544. The summed E-state index contributed by atoms with van der Waals surface area (Å²) >= 11 is 0. The van der Waals surface area contributed by atoms with Crippen molar-refractivity contribution in [3.8, 4) is 11.5 Å². The van der Waals surface area contributed by atoms with Crippen LogP contribution in [0.4, 0.5) is 0 Å². The Morgan fingerprint density at radius 1 is 0.833 bits per heavy atom. The van der Waals surface area contributed by atoms with Gasteiger partial charge in [-0.15, -0.1) is 10.2 Å². The molecule has 1 unspecified atom stereocenters. The van der Waals surface area contributed by atoms with Gasteiger partial charge in [-0.3, -0.25) is 9.59 Å². The van der Waals surface area contributed by atoms with Gasteiger partial charge in [-0.05, 0) is 50.7 Å². The van der Waals surface area contributed by atoms with Gasteiger partial charge in [-0.1, -0.05) is 6.42 Å². The highest BCUT2D eigenvalue weighted by molar-refractivity contribution is 5.95. The molecule has 2 saturated heterocycles. The Bertz CT molecular complexity index is 1070. The number of amides is 2. The zero-order valence-corrected chi connectivity index (χ0v) is 21.4. The first kappa shape index (κ1) is 24.6. The molecule has 1 atom stereocenters. The Kier molecular flexibility index (Phi) is 7.43. The van der Waals surface area contributed by atoms with Gasteiger partial charge in [-0.25, -0.2) is 0 Å². The van der Waals surface area contributed by atoms with Crippen molar-refractivity contribution in [2.24, 2.45) is 5.92 Å². The summed E-state index contributed by atoms with van der Waals surface area (Å²) in [7, 11) is 3.15. The Balaban J connectivity index is 1.19. The predicted octanol–water partition coefficient (Wildman–Crippen LogP) is 3.28. The topological polar surface area (TPSA) is 89.8 Å². The largest absolute Gasteiger partial charge is 0.497 e.